The minimum Gasteiger partial charge on any atom is -0.444 e. The van der Waals surface area contributed by atoms with E-state index in [4.69, 9.17) is 4.74 Å². The summed E-state index contributed by atoms with van der Waals surface area (Å²) in [4.78, 5) is 15.6. The summed E-state index contributed by atoms with van der Waals surface area (Å²) in [6.45, 7) is 5.56. The van der Waals surface area contributed by atoms with Gasteiger partial charge in [0.2, 0.25) is 0 Å². The average molecular weight is 238 g/mol. The molecular formula is C11H18N4O2. The average Bonchev–Trinajstić information content (AvgIpc) is 2.59. The van der Waals surface area contributed by atoms with Crippen LogP contribution in [0.15, 0.2) is 6.33 Å². The van der Waals surface area contributed by atoms with Gasteiger partial charge in [0, 0.05) is 12.0 Å². The summed E-state index contributed by atoms with van der Waals surface area (Å²) in [5, 5.41) is 9.50. The van der Waals surface area contributed by atoms with E-state index in [0.29, 0.717) is 5.92 Å². The molecule has 6 heteroatoms. The third-order valence-corrected chi connectivity index (χ3v) is 2.68. The number of hydrogen-bond acceptors (Lipinski definition) is 4. The highest BCUT2D eigenvalue weighted by atomic mass is 16.6. The van der Waals surface area contributed by atoms with E-state index in [1.165, 1.54) is 6.33 Å². The van der Waals surface area contributed by atoms with Gasteiger partial charge in [0.05, 0.1) is 0 Å². The first-order chi connectivity index (χ1) is 7.94. The summed E-state index contributed by atoms with van der Waals surface area (Å²) in [5.74, 6) is 1.27. The van der Waals surface area contributed by atoms with Crippen LogP contribution in [0.25, 0.3) is 0 Å². The zero-order valence-corrected chi connectivity index (χ0v) is 10.4. The van der Waals surface area contributed by atoms with Crippen LogP contribution in [0.2, 0.25) is 0 Å². The minimum absolute atomic E-state index is 0.181. The van der Waals surface area contributed by atoms with Gasteiger partial charge < -0.3 is 10.1 Å². The summed E-state index contributed by atoms with van der Waals surface area (Å²) in [5.41, 5.74) is -0.446. The third kappa shape index (κ3) is 3.18. The number of nitrogens with zero attached hydrogens (tertiary/aromatic N) is 2. The number of carbonyl (C=O) groups is 1. The Kier molecular flexibility index (Phi) is 3.04. The van der Waals surface area contributed by atoms with E-state index in [-0.39, 0.29) is 12.1 Å². The minimum atomic E-state index is -0.446. The second kappa shape index (κ2) is 4.35. The molecule has 0 spiro atoms. The van der Waals surface area contributed by atoms with E-state index in [9.17, 15) is 4.79 Å². The van der Waals surface area contributed by atoms with Crippen LogP contribution in [-0.2, 0) is 4.74 Å². The van der Waals surface area contributed by atoms with Crippen LogP contribution in [-0.4, -0.2) is 32.9 Å². The molecule has 1 aliphatic rings. The van der Waals surface area contributed by atoms with Crippen LogP contribution >= 0.6 is 0 Å². The van der Waals surface area contributed by atoms with Gasteiger partial charge in [-0.25, -0.2) is 9.78 Å². The monoisotopic (exact) mass is 238 g/mol. The first kappa shape index (κ1) is 11.9. The Balaban J connectivity index is 1.72. The lowest BCUT2D eigenvalue weighted by molar-refractivity contribution is 0.0470. The molecule has 94 valence electrons. The fourth-order valence-corrected chi connectivity index (χ4v) is 1.84. The number of amides is 1. The van der Waals surface area contributed by atoms with Crippen molar-refractivity contribution >= 4 is 6.09 Å². The molecule has 6 nitrogen and oxygen atoms in total. The van der Waals surface area contributed by atoms with E-state index in [1.54, 1.807) is 0 Å². The standard InChI is InChI=1S/C11H18N4O2/c1-11(2,3)17-10(16)14-8-4-7(5-8)9-12-6-13-15-9/h6-8H,4-5H2,1-3H3,(H,14,16)(H,12,13,15). The maximum absolute atomic E-state index is 11.5. The number of aromatic nitrogens is 3. The van der Waals surface area contributed by atoms with Crippen molar-refractivity contribution in [3.05, 3.63) is 12.2 Å². The summed E-state index contributed by atoms with van der Waals surface area (Å²) in [6, 6.07) is 0.181. The molecular weight excluding hydrogens is 220 g/mol. The molecule has 0 atom stereocenters. The Morgan fingerprint density at radius 3 is 2.76 bits per heavy atom. The molecule has 0 saturated heterocycles. The lowest BCUT2D eigenvalue weighted by atomic mass is 9.80. The van der Waals surface area contributed by atoms with Crippen molar-refractivity contribution in [3.63, 3.8) is 0 Å². The van der Waals surface area contributed by atoms with E-state index >= 15 is 0 Å². The predicted molar refractivity (Wildman–Crippen MR) is 61.5 cm³/mol. The van der Waals surface area contributed by atoms with Gasteiger partial charge in [0.25, 0.3) is 0 Å². The number of H-pyrrole nitrogens is 1. The highest BCUT2D eigenvalue weighted by Gasteiger charge is 2.34. The van der Waals surface area contributed by atoms with Crippen molar-refractivity contribution in [2.24, 2.45) is 0 Å². The molecule has 0 aromatic carbocycles. The molecule has 0 aliphatic heterocycles. The molecule has 1 amide bonds. The fraction of sp³-hybridized carbons (Fsp3) is 0.727. The molecule has 1 aliphatic carbocycles. The Hall–Kier alpha value is -1.59. The van der Waals surface area contributed by atoms with Gasteiger partial charge in [0.15, 0.2) is 0 Å². The second-order valence-electron chi connectivity index (χ2n) is 5.38. The highest BCUT2D eigenvalue weighted by molar-refractivity contribution is 5.68. The third-order valence-electron chi connectivity index (χ3n) is 2.68. The zero-order valence-electron chi connectivity index (χ0n) is 10.4. The maximum Gasteiger partial charge on any atom is 0.407 e. The lowest BCUT2D eigenvalue weighted by Gasteiger charge is -2.34. The molecule has 17 heavy (non-hydrogen) atoms. The largest absolute Gasteiger partial charge is 0.444 e. The molecule has 1 fully saturated rings. The number of aromatic amines is 1. The van der Waals surface area contributed by atoms with Crippen LogP contribution in [0, 0.1) is 0 Å². The summed E-state index contributed by atoms with van der Waals surface area (Å²) in [7, 11) is 0. The number of rotatable bonds is 2. The van der Waals surface area contributed by atoms with Crippen LogP contribution in [0.3, 0.4) is 0 Å². The van der Waals surface area contributed by atoms with Crippen molar-refractivity contribution in [3.8, 4) is 0 Å². The summed E-state index contributed by atoms with van der Waals surface area (Å²) < 4.78 is 5.18. The fourth-order valence-electron chi connectivity index (χ4n) is 1.84. The molecule has 2 rings (SSSR count). The molecule has 0 bridgehead atoms. The maximum atomic E-state index is 11.5. The lowest BCUT2D eigenvalue weighted by Crippen LogP contribution is -2.45. The first-order valence-corrected chi connectivity index (χ1v) is 5.79. The number of alkyl carbamates (subject to hydrolysis) is 1. The molecule has 0 radical (unpaired) electrons. The molecule has 0 unspecified atom stereocenters. The van der Waals surface area contributed by atoms with Crippen LogP contribution in [0.5, 0.6) is 0 Å². The number of carbonyl (C=O) groups excluding carboxylic acids is 1. The van der Waals surface area contributed by atoms with E-state index in [0.717, 1.165) is 18.7 Å². The van der Waals surface area contributed by atoms with Crippen molar-refractivity contribution in [1.82, 2.24) is 20.5 Å². The number of ether oxygens (including phenoxy) is 1. The summed E-state index contributed by atoms with van der Waals surface area (Å²) in [6.07, 6.45) is 2.92. The van der Waals surface area contributed by atoms with E-state index < -0.39 is 5.60 Å². The number of hydrogen-bond donors (Lipinski definition) is 2. The van der Waals surface area contributed by atoms with Gasteiger partial charge in [-0.2, -0.15) is 5.10 Å². The predicted octanol–water partition coefficient (Wildman–Crippen LogP) is 1.58. The topological polar surface area (TPSA) is 79.9 Å². The normalized spacial score (nSPS) is 23.9. The van der Waals surface area contributed by atoms with Gasteiger partial charge in [-0.15, -0.1) is 0 Å². The smallest absolute Gasteiger partial charge is 0.407 e. The molecule has 1 heterocycles. The Morgan fingerprint density at radius 2 is 2.24 bits per heavy atom. The SMILES string of the molecule is CC(C)(C)OC(=O)NC1CC(c2ncn[nH]2)C1. The van der Waals surface area contributed by atoms with E-state index in [1.807, 2.05) is 20.8 Å². The second-order valence-corrected chi connectivity index (χ2v) is 5.38. The quantitative estimate of drug-likeness (QED) is 0.819. The Morgan fingerprint density at radius 1 is 1.53 bits per heavy atom. The molecule has 2 N–H and O–H groups in total. The van der Waals surface area contributed by atoms with Gasteiger partial charge >= 0.3 is 6.09 Å². The molecule has 1 saturated carbocycles. The van der Waals surface area contributed by atoms with Crippen LogP contribution < -0.4 is 5.32 Å². The van der Waals surface area contributed by atoms with Crippen molar-refractivity contribution in [1.29, 1.82) is 0 Å². The van der Waals surface area contributed by atoms with Crippen molar-refractivity contribution in [2.75, 3.05) is 0 Å². The van der Waals surface area contributed by atoms with Crippen LogP contribution in [0.1, 0.15) is 45.4 Å². The van der Waals surface area contributed by atoms with Crippen molar-refractivity contribution < 1.29 is 9.53 Å². The van der Waals surface area contributed by atoms with E-state index in [2.05, 4.69) is 20.5 Å². The van der Waals surface area contributed by atoms with Gasteiger partial charge in [-0.1, -0.05) is 0 Å². The zero-order chi connectivity index (χ0) is 12.5. The molecule has 1 aromatic heterocycles. The Labute approximate surface area is 100 Å². The highest BCUT2D eigenvalue weighted by Crippen LogP contribution is 2.34. The van der Waals surface area contributed by atoms with Gasteiger partial charge in [-0.05, 0) is 33.6 Å². The Bertz CT molecular complexity index is 377. The van der Waals surface area contributed by atoms with Crippen molar-refractivity contribution in [2.45, 2.75) is 51.2 Å². The first-order valence-electron chi connectivity index (χ1n) is 5.79. The van der Waals surface area contributed by atoms with Crippen LogP contribution in [0.4, 0.5) is 4.79 Å². The number of nitrogens with one attached hydrogen (secondary N) is 2. The van der Waals surface area contributed by atoms with Gasteiger partial charge in [-0.3, -0.25) is 5.10 Å². The summed E-state index contributed by atoms with van der Waals surface area (Å²) >= 11 is 0. The molecule has 1 aromatic rings. The van der Waals surface area contributed by atoms with Gasteiger partial charge in [0.1, 0.15) is 17.8 Å².